The lowest BCUT2D eigenvalue weighted by Crippen LogP contribution is -2.46. The highest BCUT2D eigenvalue weighted by Crippen LogP contribution is 2.43. The first-order chi connectivity index (χ1) is 8.80. The Bertz CT molecular complexity index is 272. The van der Waals surface area contributed by atoms with Crippen LogP contribution in [0.5, 0.6) is 0 Å². The minimum Gasteiger partial charge on any atom is -0.368 e. The molecule has 3 fully saturated rings. The van der Waals surface area contributed by atoms with Gasteiger partial charge >= 0.3 is 0 Å². The topological polar surface area (TPSA) is 19.0 Å². The van der Waals surface area contributed by atoms with Crippen LogP contribution in [0, 0.1) is 0 Å². The van der Waals surface area contributed by atoms with E-state index in [0.717, 1.165) is 6.61 Å². The molecule has 1 spiro atoms. The van der Waals surface area contributed by atoms with Crippen molar-refractivity contribution in [1.82, 2.24) is 9.80 Å². The molecule has 104 valence electrons. The molecule has 18 heavy (non-hydrogen) atoms. The van der Waals surface area contributed by atoms with E-state index < -0.39 is 0 Å². The lowest BCUT2D eigenvalue weighted by molar-refractivity contribution is 0.0889. The highest BCUT2D eigenvalue weighted by atomic mass is 16.6. The van der Waals surface area contributed by atoms with Crippen LogP contribution in [-0.4, -0.2) is 61.3 Å². The van der Waals surface area contributed by atoms with Gasteiger partial charge < -0.3 is 14.5 Å². The molecule has 0 aromatic rings. The Morgan fingerprint density at radius 3 is 2.72 bits per heavy atom. The number of rotatable bonds is 5. The molecule has 2 saturated heterocycles. The Labute approximate surface area is 111 Å². The van der Waals surface area contributed by atoms with E-state index in [-0.39, 0.29) is 5.60 Å². The third kappa shape index (κ3) is 2.73. The third-order valence-corrected chi connectivity index (χ3v) is 5.17. The molecule has 3 heteroatoms. The fourth-order valence-electron chi connectivity index (χ4n) is 3.95. The van der Waals surface area contributed by atoms with Crippen molar-refractivity contribution in [1.29, 1.82) is 0 Å². The number of ether oxygens (including phenoxy) is 1. The van der Waals surface area contributed by atoms with E-state index in [1.54, 1.807) is 0 Å². The fraction of sp³-hybridized carbons (Fsp3) is 1.00. The van der Waals surface area contributed by atoms with Gasteiger partial charge in [-0.3, -0.25) is 0 Å². The second-order valence-electron chi connectivity index (χ2n) is 6.50. The molecule has 0 aromatic heterocycles. The number of hydrogen-bond donors (Lipinski definition) is 0. The molecule has 0 N–H and O–H groups in total. The molecule has 0 radical (unpaired) electrons. The number of nitrogens with zero attached hydrogens (tertiary/aromatic N) is 2. The van der Waals surface area contributed by atoms with Crippen molar-refractivity contribution in [2.24, 2.45) is 0 Å². The quantitative estimate of drug-likeness (QED) is 0.699. The van der Waals surface area contributed by atoms with Gasteiger partial charge in [0.15, 0.2) is 0 Å². The summed E-state index contributed by atoms with van der Waals surface area (Å²) in [5.41, 5.74) is 0.278. The van der Waals surface area contributed by atoms with Crippen molar-refractivity contribution < 1.29 is 4.74 Å². The monoisotopic (exact) mass is 252 g/mol. The summed E-state index contributed by atoms with van der Waals surface area (Å²) in [7, 11) is 2.31. The smallest absolute Gasteiger partial charge is 0.107 e. The zero-order valence-electron chi connectivity index (χ0n) is 11.9. The minimum atomic E-state index is 0.278. The van der Waals surface area contributed by atoms with Crippen LogP contribution in [0.1, 0.15) is 44.9 Å². The van der Waals surface area contributed by atoms with Gasteiger partial charge in [0, 0.05) is 6.04 Å². The van der Waals surface area contributed by atoms with E-state index in [0.29, 0.717) is 6.04 Å². The normalized spacial score (nSPS) is 36.7. The van der Waals surface area contributed by atoms with Crippen LogP contribution in [0.2, 0.25) is 0 Å². The van der Waals surface area contributed by atoms with Crippen molar-refractivity contribution in [3.05, 3.63) is 0 Å². The SMILES string of the molecule is CN(CCCN1CCCC1)C1CCCCC12CO2. The van der Waals surface area contributed by atoms with Crippen LogP contribution in [0.25, 0.3) is 0 Å². The second kappa shape index (κ2) is 5.48. The summed E-state index contributed by atoms with van der Waals surface area (Å²) in [5.74, 6) is 0. The molecule has 3 aliphatic rings. The van der Waals surface area contributed by atoms with E-state index >= 15 is 0 Å². The summed E-state index contributed by atoms with van der Waals surface area (Å²) in [4.78, 5) is 5.21. The van der Waals surface area contributed by atoms with E-state index in [1.165, 1.54) is 71.1 Å². The maximum Gasteiger partial charge on any atom is 0.107 e. The van der Waals surface area contributed by atoms with Crippen LogP contribution in [0.15, 0.2) is 0 Å². The Hall–Kier alpha value is -0.120. The van der Waals surface area contributed by atoms with Gasteiger partial charge in [0.05, 0.1) is 6.61 Å². The first kappa shape index (κ1) is 12.9. The number of hydrogen-bond acceptors (Lipinski definition) is 3. The van der Waals surface area contributed by atoms with Gasteiger partial charge in [0.1, 0.15) is 5.60 Å². The molecule has 3 rings (SSSR count). The van der Waals surface area contributed by atoms with Crippen LogP contribution in [-0.2, 0) is 4.74 Å². The lowest BCUT2D eigenvalue weighted by Gasteiger charge is -2.36. The van der Waals surface area contributed by atoms with Gasteiger partial charge in [-0.25, -0.2) is 0 Å². The Balaban J connectivity index is 1.41. The van der Waals surface area contributed by atoms with Crippen molar-refractivity contribution in [3.63, 3.8) is 0 Å². The molecular weight excluding hydrogens is 224 g/mol. The lowest BCUT2D eigenvalue weighted by atomic mass is 9.84. The molecule has 1 aliphatic carbocycles. The molecule has 0 amide bonds. The molecule has 3 nitrogen and oxygen atoms in total. The Kier molecular flexibility index (Phi) is 3.92. The van der Waals surface area contributed by atoms with Crippen molar-refractivity contribution >= 4 is 0 Å². The second-order valence-corrected chi connectivity index (χ2v) is 6.50. The summed E-state index contributed by atoms with van der Waals surface area (Å²) < 4.78 is 5.80. The summed E-state index contributed by atoms with van der Waals surface area (Å²) in [6.45, 7) is 6.23. The van der Waals surface area contributed by atoms with Crippen LogP contribution < -0.4 is 0 Å². The molecule has 2 aliphatic heterocycles. The van der Waals surface area contributed by atoms with E-state index in [4.69, 9.17) is 4.74 Å². The van der Waals surface area contributed by atoms with Gasteiger partial charge in [-0.2, -0.15) is 0 Å². The number of likely N-dealkylation sites (N-methyl/N-ethyl adjacent to an activating group) is 1. The first-order valence-electron chi connectivity index (χ1n) is 7.87. The minimum absolute atomic E-state index is 0.278. The summed E-state index contributed by atoms with van der Waals surface area (Å²) >= 11 is 0. The molecule has 2 heterocycles. The van der Waals surface area contributed by atoms with Crippen molar-refractivity contribution in [2.75, 3.05) is 39.8 Å². The van der Waals surface area contributed by atoms with Crippen LogP contribution in [0.4, 0.5) is 0 Å². The summed E-state index contributed by atoms with van der Waals surface area (Å²) in [6, 6.07) is 0.699. The molecule has 0 aromatic carbocycles. The van der Waals surface area contributed by atoms with E-state index in [9.17, 15) is 0 Å². The van der Waals surface area contributed by atoms with Crippen LogP contribution in [0.3, 0.4) is 0 Å². The highest BCUT2D eigenvalue weighted by Gasteiger charge is 2.53. The van der Waals surface area contributed by atoms with Gasteiger partial charge in [-0.05, 0) is 65.3 Å². The Morgan fingerprint density at radius 2 is 2.00 bits per heavy atom. The largest absolute Gasteiger partial charge is 0.368 e. The first-order valence-corrected chi connectivity index (χ1v) is 7.87. The van der Waals surface area contributed by atoms with Gasteiger partial charge in [0.2, 0.25) is 0 Å². The van der Waals surface area contributed by atoms with E-state index in [1.807, 2.05) is 0 Å². The van der Waals surface area contributed by atoms with Crippen molar-refractivity contribution in [3.8, 4) is 0 Å². The number of likely N-dealkylation sites (tertiary alicyclic amines) is 1. The van der Waals surface area contributed by atoms with Gasteiger partial charge in [-0.1, -0.05) is 12.8 Å². The molecule has 0 bridgehead atoms. The molecule has 2 atom stereocenters. The predicted octanol–water partition coefficient (Wildman–Crippen LogP) is 2.12. The van der Waals surface area contributed by atoms with Crippen molar-refractivity contribution in [2.45, 2.75) is 56.6 Å². The van der Waals surface area contributed by atoms with E-state index in [2.05, 4.69) is 16.8 Å². The Morgan fingerprint density at radius 1 is 1.22 bits per heavy atom. The molecule has 1 saturated carbocycles. The fourth-order valence-corrected chi connectivity index (χ4v) is 3.95. The zero-order valence-corrected chi connectivity index (χ0v) is 11.9. The maximum absolute atomic E-state index is 5.80. The zero-order chi connectivity index (χ0) is 12.4. The van der Waals surface area contributed by atoms with Gasteiger partial charge in [-0.15, -0.1) is 0 Å². The van der Waals surface area contributed by atoms with Gasteiger partial charge in [0.25, 0.3) is 0 Å². The van der Waals surface area contributed by atoms with Crippen LogP contribution >= 0.6 is 0 Å². The molecule has 2 unspecified atom stereocenters. The summed E-state index contributed by atoms with van der Waals surface area (Å²) in [5, 5.41) is 0. The predicted molar refractivity (Wildman–Crippen MR) is 73.9 cm³/mol. The molecular formula is C15H28N2O. The number of epoxide rings is 1. The standard InChI is InChI=1S/C15H28N2O/c1-16(9-6-12-17-10-4-5-11-17)14-7-2-3-8-15(14)13-18-15/h14H,2-13H2,1H3. The summed E-state index contributed by atoms with van der Waals surface area (Å²) in [6.07, 6.45) is 9.56. The average Bonchev–Trinajstić information content (AvgIpc) is 2.93. The highest BCUT2D eigenvalue weighted by molar-refractivity contribution is 5.05. The third-order valence-electron chi connectivity index (χ3n) is 5.17. The average molecular weight is 252 g/mol. The maximum atomic E-state index is 5.80.